The number of carbonyl (C=O) groups is 2. The van der Waals surface area contributed by atoms with E-state index in [1.807, 2.05) is 18.7 Å². The molecule has 150 valence electrons. The van der Waals surface area contributed by atoms with Crippen LogP contribution in [-0.4, -0.2) is 55.5 Å². The first-order valence-electron chi connectivity index (χ1n) is 9.67. The van der Waals surface area contributed by atoms with Gasteiger partial charge in [-0.25, -0.2) is 4.98 Å². The summed E-state index contributed by atoms with van der Waals surface area (Å²) in [6.45, 7) is 6.82. The van der Waals surface area contributed by atoms with Crippen molar-refractivity contribution in [2.24, 2.45) is 18.9 Å². The fraction of sp³-hybridized carbons (Fsp3) is 0.632. The maximum atomic E-state index is 12.6. The molecule has 28 heavy (non-hydrogen) atoms. The molecule has 9 nitrogen and oxygen atoms in total. The van der Waals surface area contributed by atoms with E-state index >= 15 is 0 Å². The van der Waals surface area contributed by atoms with Gasteiger partial charge in [0.1, 0.15) is 5.69 Å². The number of likely N-dealkylation sites (tertiary alicyclic amines) is 1. The molecule has 9 heteroatoms. The standard InChI is InChI=1S/C19H26N6O3/c1-11(2)17(27)25-8-13-5-14(22-16(26)15-7-20-10-24(15)4)6-19(13,9-25)18-21-12(3)23-28-18/h7,10-11,13-14H,5-6,8-9H2,1-4H3,(H,22,26)/t13-,14+,19-/m0/s1. The summed E-state index contributed by atoms with van der Waals surface area (Å²) in [5.74, 6) is 1.27. The Kier molecular flexibility index (Phi) is 4.47. The Bertz CT molecular complexity index is 903. The third-order valence-electron chi connectivity index (χ3n) is 6.02. The minimum Gasteiger partial charge on any atom is -0.348 e. The molecule has 2 aliphatic rings. The van der Waals surface area contributed by atoms with Crippen molar-refractivity contribution in [1.29, 1.82) is 0 Å². The topological polar surface area (TPSA) is 106 Å². The lowest BCUT2D eigenvalue weighted by molar-refractivity contribution is -0.133. The zero-order chi connectivity index (χ0) is 20.1. The minimum absolute atomic E-state index is 0.0177. The van der Waals surface area contributed by atoms with Crippen LogP contribution in [0.2, 0.25) is 0 Å². The van der Waals surface area contributed by atoms with Crippen molar-refractivity contribution in [3.63, 3.8) is 0 Å². The first kappa shape index (κ1) is 18.6. The highest BCUT2D eigenvalue weighted by Crippen LogP contribution is 2.50. The zero-order valence-corrected chi connectivity index (χ0v) is 16.7. The normalized spacial score (nSPS) is 26.7. The maximum absolute atomic E-state index is 12.6. The molecule has 1 aliphatic heterocycles. The first-order valence-corrected chi connectivity index (χ1v) is 9.67. The molecule has 0 aromatic carbocycles. The highest BCUT2D eigenvalue weighted by atomic mass is 16.5. The van der Waals surface area contributed by atoms with Gasteiger partial charge in [0, 0.05) is 32.1 Å². The Hall–Kier alpha value is -2.71. The van der Waals surface area contributed by atoms with Gasteiger partial charge in [-0.15, -0.1) is 0 Å². The molecule has 1 saturated carbocycles. The van der Waals surface area contributed by atoms with Crippen molar-refractivity contribution < 1.29 is 14.1 Å². The highest BCUT2D eigenvalue weighted by Gasteiger charge is 2.58. The lowest BCUT2D eigenvalue weighted by Gasteiger charge is -2.26. The molecule has 3 heterocycles. The fourth-order valence-electron chi connectivity index (χ4n) is 4.68. The number of nitrogens with one attached hydrogen (secondary N) is 1. The van der Waals surface area contributed by atoms with E-state index in [-0.39, 0.29) is 29.7 Å². The van der Waals surface area contributed by atoms with E-state index in [1.54, 1.807) is 31.1 Å². The molecule has 0 spiro atoms. The summed E-state index contributed by atoms with van der Waals surface area (Å²) in [6, 6.07) is -0.0177. The summed E-state index contributed by atoms with van der Waals surface area (Å²) in [7, 11) is 1.80. The molecular weight excluding hydrogens is 360 g/mol. The summed E-state index contributed by atoms with van der Waals surface area (Å²) >= 11 is 0. The van der Waals surface area contributed by atoms with Crippen LogP contribution >= 0.6 is 0 Å². The lowest BCUT2D eigenvalue weighted by atomic mass is 9.80. The Labute approximate surface area is 163 Å². The van der Waals surface area contributed by atoms with Crippen molar-refractivity contribution in [3.8, 4) is 0 Å². The third-order valence-corrected chi connectivity index (χ3v) is 6.02. The number of amides is 2. The van der Waals surface area contributed by atoms with Crippen molar-refractivity contribution >= 4 is 11.8 Å². The van der Waals surface area contributed by atoms with E-state index in [1.165, 1.54) is 0 Å². The summed E-state index contributed by atoms with van der Waals surface area (Å²) in [4.78, 5) is 35.6. The van der Waals surface area contributed by atoms with E-state index in [4.69, 9.17) is 4.52 Å². The van der Waals surface area contributed by atoms with Crippen LogP contribution < -0.4 is 5.32 Å². The average Bonchev–Trinajstić information content (AvgIpc) is 3.37. The number of imidazole rings is 1. The van der Waals surface area contributed by atoms with Crippen LogP contribution in [0.15, 0.2) is 17.0 Å². The van der Waals surface area contributed by atoms with Crippen LogP contribution in [0.1, 0.15) is 48.9 Å². The molecule has 3 atom stereocenters. The molecule has 2 amide bonds. The molecule has 0 unspecified atom stereocenters. The van der Waals surface area contributed by atoms with Crippen LogP contribution in [0, 0.1) is 18.8 Å². The number of fused-ring (bicyclic) bond motifs is 1. The number of carbonyl (C=O) groups excluding carboxylic acids is 2. The van der Waals surface area contributed by atoms with Gasteiger partial charge in [0.2, 0.25) is 11.8 Å². The average molecular weight is 386 g/mol. The molecule has 2 fully saturated rings. The quantitative estimate of drug-likeness (QED) is 0.842. The second kappa shape index (κ2) is 6.72. The van der Waals surface area contributed by atoms with Crippen molar-refractivity contribution in [3.05, 3.63) is 29.9 Å². The number of rotatable bonds is 4. The van der Waals surface area contributed by atoms with Gasteiger partial charge in [-0.3, -0.25) is 9.59 Å². The number of aryl methyl sites for hydroxylation is 2. The van der Waals surface area contributed by atoms with Gasteiger partial charge in [0.05, 0.1) is 17.9 Å². The van der Waals surface area contributed by atoms with Crippen LogP contribution in [0.25, 0.3) is 0 Å². The van der Waals surface area contributed by atoms with Crippen LogP contribution in [0.4, 0.5) is 0 Å². The van der Waals surface area contributed by atoms with Gasteiger partial charge in [-0.1, -0.05) is 19.0 Å². The largest absolute Gasteiger partial charge is 0.348 e. The Morgan fingerprint density at radius 3 is 2.79 bits per heavy atom. The third kappa shape index (κ3) is 2.98. The molecule has 1 N–H and O–H groups in total. The van der Waals surface area contributed by atoms with Crippen molar-refractivity contribution in [2.75, 3.05) is 13.1 Å². The summed E-state index contributed by atoms with van der Waals surface area (Å²) in [5, 5.41) is 7.10. The van der Waals surface area contributed by atoms with E-state index in [9.17, 15) is 9.59 Å². The summed E-state index contributed by atoms with van der Waals surface area (Å²) < 4.78 is 7.26. The molecule has 4 rings (SSSR count). The fourth-order valence-corrected chi connectivity index (χ4v) is 4.68. The van der Waals surface area contributed by atoms with Gasteiger partial charge in [-0.05, 0) is 25.7 Å². The predicted molar refractivity (Wildman–Crippen MR) is 99.3 cm³/mol. The van der Waals surface area contributed by atoms with Gasteiger partial charge in [-0.2, -0.15) is 4.98 Å². The second-order valence-corrected chi connectivity index (χ2v) is 8.37. The number of hydrogen-bond donors (Lipinski definition) is 1. The predicted octanol–water partition coefficient (Wildman–Crippen LogP) is 1.06. The number of nitrogens with zero attached hydrogens (tertiary/aromatic N) is 5. The summed E-state index contributed by atoms with van der Waals surface area (Å²) in [5.41, 5.74) is 0.118. The second-order valence-electron chi connectivity index (χ2n) is 8.37. The smallest absolute Gasteiger partial charge is 0.269 e. The molecule has 0 bridgehead atoms. The highest BCUT2D eigenvalue weighted by molar-refractivity contribution is 5.92. The Morgan fingerprint density at radius 1 is 1.39 bits per heavy atom. The van der Waals surface area contributed by atoms with Gasteiger partial charge in [0.15, 0.2) is 5.82 Å². The maximum Gasteiger partial charge on any atom is 0.269 e. The number of aromatic nitrogens is 4. The Balaban J connectivity index is 1.57. The van der Waals surface area contributed by atoms with Crippen LogP contribution in [-0.2, 0) is 17.3 Å². The lowest BCUT2D eigenvalue weighted by Crippen LogP contribution is -2.40. The van der Waals surface area contributed by atoms with Gasteiger partial charge < -0.3 is 19.3 Å². The SMILES string of the molecule is Cc1noc([C@]23C[C@H](NC(=O)c4cncn4C)C[C@H]2CN(C(=O)C(C)C)C3)n1. The van der Waals surface area contributed by atoms with Gasteiger partial charge >= 0.3 is 0 Å². The van der Waals surface area contributed by atoms with E-state index in [2.05, 4.69) is 20.4 Å². The van der Waals surface area contributed by atoms with Gasteiger partial charge in [0.25, 0.3) is 5.91 Å². The molecule has 1 aliphatic carbocycles. The summed E-state index contributed by atoms with van der Waals surface area (Å²) in [6.07, 6.45) is 4.61. The zero-order valence-electron chi connectivity index (χ0n) is 16.7. The van der Waals surface area contributed by atoms with E-state index < -0.39 is 5.41 Å². The molecule has 2 aromatic heterocycles. The van der Waals surface area contributed by atoms with Crippen molar-refractivity contribution in [2.45, 2.75) is 45.1 Å². The Morgan fingerprint density at radius 2 is 2.18 bits per heavy atom. The van der Waals surface area contributed by atoms with Crippen LogP contribution in [0.3, 0.4) is 0 Å². The molecule has 0 radical (unpaired) electrons. The molecular formula is C19H26N6O3. The van der Waals surface area contributed by atoms with Crippen molar-refractivity contribution in [1.82, 2.24) is 29.9 Å². The number of hydrogen-bond acceptors (Lipinski definition) is 6. The van der Waals surface area contributed by atoms with E-state index in [0.29, 0.717) is 36.9 Å². The van der Waals surface area contributed by atoms with E-state index in [0.717, 1.165) is 6.42 Å². The first-order chi connectivity index (χ1) is 13.3. The van der Waals surface area contributed by atoms with Crippen LogP contribution in [0.5, 0.6) is 0 Å². The minimum atomic E-state index is -0.407. The molecule has 2 aromatic rings. The molecule has 1 saturated heterocycles. The monoisotopic (exact) mass is 386 g/mol.